The molecular weight excluding hydrogens is 196 g/mol. The zero-order valence-electron chi connectivity index (χ0n) is 8.56. The number of carbonyl (C=O) groups excluding carboxylic acids is 1. The molecule has 4 nitrogen and oxygen atoms in total. The first-order chi connectivity index (χ1) is 7.22. The number of allylic oxidation sites excluding steroid dienone is 1. The molecule has 0 aliphatic heterocycles. The zero-order chi connectivity index (χ0) is 11.3. The summed E-state index contributed by atoms with van der Waals surface area (Å²) in [6.07, 6.45) is 3.62. The van der Waals surface area contributed by atoms with Crippen LogP contribution >= 0.6 is 0 Å². The third-order valence-electron chi connectivity index (χ3n) is 1.87. The van der Waals surface area contributed by atoms with E-state index in [0.717, 1.165) is 0 Å². The molecular formula is C11H12O4. The van der Waals surface area contributed by atoms with E-state index in [1.54, 1.807) is 18.2 Å². The van der Waals surface area contributed by atoms with Crippen molar-refractivity contribution in [2.24, 2.45) is 0 Å². The largest absolute Gasteiger partial charge is 0.502 e. The smallest absolute Gasteiger partial charge is 0.200 e. The standard InChI is InChI=1S/C11H12O4/c1-14-9-6-8(4-3-5-12)7-10(15-2)11(9)13/h3-7,13H,1-2H3/b4-3-. The van der Waals surface area contributed by atoms with Crippen molar-refractivity contribution in [3.63, 3.8) is 0 Å². The molecule has 1 N–H and O–H groups in total. The topological polar surface area (TPSA) is 55.8 Å². The number of carbonyl (C=O) groups is 1. The molecule has 1 rings (SSSR count). The summed E-state index contributed by atoms with van der Waals surface area (Å²) in [4.78, 5) is 10.2. The Morgan fingerprint density at radius 3 is 2.13 bits per heavy atom. The molecule has 0 amide bonds. The molecule has 0 heterocycles. The molecule has 0 aliphatic carbocycles. The van der Waals surface area contributed by atoms with Gasteiger partial charge in [-0.1, -0.05) is 6.08 Å². The molecule has 1 aromatic carbocycles. The van der Waals surface area contributed by atoms with Gasteiger partial charge < -0.3 is 14.6 Å². The van der Waals surface area contributed by atoms with Crippen LogP contribution in [0.3, 0.4) is 0 Å². The fourth-order valence-electron chi connectivity index (χ4n) is 1.16. The first-order valence-electron chi connectivity index (χ1n) is 4.29. The van der Waals surface area contributed by atoms with E-state index in [2.05, 4.69) is 0 Å². The molecule has 0 aromatic heterocycles. The third-order valence-corrected chi connectivity index (χ3v) is 1.87. The van der Waals surface area contributed by atoms with E-state index in [9.17, 15) is 9.90 Å². The van der Waals surface area contributed by atoms with Crippen LogP contribution < -0.4 is 9.47 Å². The van der Waals surface area contributed by atoms with Crippen molar-refractivity contribution in [3.8, 4) is 17.2 Å². The molecule has 0 aliphatic rings. The number of aldehydes is 1. The van der Waals surface area contributed by atoms with Gasteiger partial charge in [0.25, 0.3) is 0 Å². The minimum absolute atomic E-state index is 0.0525. The Balaban J connectivity index is 3.20. The van der Waals surface area contributed by atoms with E-state index in [-0.39, 0.29) is 5.75 Å². The summed E-state index contributed by atoms with van der Waals surface area (Å²) in [5, 5.41) is 9.60. The summed E-state index contributed by atoms with van der Waals surface area (Å²) in [5.74, 6) is 0.558. The summed E-state index contributed by atoms with van der Waals surface area (Å²) < 4.78 is 9.91. The van der Waals surface area contributed by atoms with Crippen LogP contribution in [-0.4, -0.2) is 25.6 Å². The minimum atomic E-state index is -0.0525. The van der Waals surface area contributed by atoms with Crippen molar-refractivity contribution < 1.29 is 19.4 Å². The molecule has 0 bridgehead atoms. The van der Waals surface area contributed by atoms with Crippen molar-refractivity contribution in [1.82, 2.24) is 0 Å². The summed E-state index contributed by atoms with van der Waals surface area (Å²) in [6, 6.07) is 3.22. The molecule has 0 saturated heterocycles. The van der Waals surface area contributed by atoms with Crippen LogP contribution in [0.2, 0.25) is 0 Å². The number of ether oxygens (including phenoxy) is 2. The number of hydrogen-bond donors (Lipinski definition) is 1. The highest BCUT2D eigenvalue weighted by atomic mass is 16.5. The maximum atomic E-state index is 10.2. The summed E-state index contributed by atoms with van der Waals surface area (Å²) in [7, 11) is 2.89. The summed E-state index contributed by atoms with van der Waals surface area (Å²) in [5.41, 5.74) is 0.716. The number of phenols is 1. The van der Waals surface area contributed by atoms with Gasteiger partial charge in [-0.3, -0.25) is 4.79 Å². The van der Waals surface area contributed by atoms with Gasteiger partial charge in [0, 0.05) is 0 Å². The second-order valence-corrected chi connectivity index (χ2v) is 2.77. The average Bonchev–Trinajstić information content (AvgIpc) is 2.27. The molecule has 0 unspecified atom stereocenters. The predicted molar refractivity (Wildman–Crippen MR) is 56.3 cm³/mol. The van der Waals surface area contributed by atoms with E-state index in [0.29, 0.717) is 23.3 Å². The highest BCUT2D eigenvalue weighted by molar-refractivity contribution is 5.75. The molecule has 4 heteroatoms. The Kier molecular flexibility index (Phi) is 3.74. The number of methoxy groups -OCH3 is 2. The maximum Gasteiger partial charge on any atom is 0.200 e. The maximum absolute atomic E-state index is 10.2. The first kappa shape index (κ1) is 11.1. The quantitative estimate of drug-likeness (QED) is 0.603. The lowest BCUT2D eigenvalue weighted by molar-refractivity contribution is -0.104. The van der Waals surface area contributed by atoms with Gasteiger partial charge >= 0.3 is 0 Å². The van der Waals surface area contributed by atoms with Crippen LogP contribution in [0.25, 0.3) is 6.08 Å². The fourth-order valence-corrected chi connectivity index (χ4v) is 1.16. The minimum Gasteiger partial charge on any atom is -0.502 e. The lowest BCUT2D eigenvalue weighted by Crippen LogP contribution is -1.90. The number of phenolic OH excluding ortho intramolecular Hbond substituents is 1. The van der Waals surface area contributed by atoms with E-state index in [4.69, 9.17) is 9.47 Å². The molecule has 80 valence electrons. The number of hydrogen-bond acceptors (Lipinski definition) is 4. The number of benzene rings is 1. The molecule has 0 spiro atoms. The van der Waals surface area contributed by atoms with Gasteiger partial charge in [-0.05, 0) is 23.8 Å². The number of aromatic hydroxyl groups is 1. The highest BCUT2D eigenvalue weighted by Crippen LogP contribution is 2.37. The monoisotopic (exact) mass is 208 g/mol. The second kappa shape index (κ2) is 5.05. The van der Waals surface area contributed by atoms with Crippen molar-refractivity contribution in [2.75, 3.05) is 14.2 Å². The Morgan fingerprint density at radius 2 is 1.73 bits per heavy atom. The third kappa shape index (κ3) is 2.49. The van der Waals surface area contributed by atoms with E-state index in [1.165, 1.54) is 20.3 Å². The number of rotatable bonds is 4. The van der Waals surface area contributed by atoms with E-state index in [1.807, 2.05) is 0 Å². The zero-order valence-corrected chi connectivity index (χ0v) is 8.56. The van der Waals surface area contributed by atoms with Crippen LogP contribution in [0.15, 0.2) is 18.2 Å². The van der Waals surface area contributed by atoms with Gasteiger partial charge in [-0.2, -0.15) is 0 Å². The van der Waals surface area contributed by atoms with E-state index >= 15 is 0 Å². The molecule has 0 radical (unpaired) electrons. The summed E-state index contributed by atoms with van der Waals surface area (Å²) in [6.45, 7) is 0. The van der Waals surface area contributed by atoms with Crippen molar-refractivity contribution in [3.05, 3.63) is 23.8 Å². The van der Waals surface area contributed by atoms with Crippen LogP contribution in [0.1, 0.15) is 5.56 Å². The van der Waals surface area contributed by atoms with Crippen molar-refractivity contribution in [1.29, 1.82) is 0 Å². The Morgan fingerprint density at radius 1 is 1.20 bits per heavy atom. The first-order valence-corrected chi connectivity index (χ1v) is 4.29. The molecule has 0 atom stereocenters. The van der Waals surface area contributed by atoms with Crippen LogP contribution in [0.4, 0.5) is 0 Å². The van der Waals surface area contributed by atoms with Crippen molar-refractivity contribution >= 4 is 12.4 Å². The summed E-state index contributed by atoms with van der Waals surface area (Å²) >= 11 is 0. The van der Waals surface area contributed by atoms with Gasteiger partial charge in [-0.25, -0.2) is 0 Å². The van der Waals surface area contributed by atoms with Gasteiger partial charge in [0.1, 0.15) is 6.29 Å². The van der Waals surface area contributed by atoms with Gasteiger partial charge in [0.15, 0.2) is 11.5 Å². The van der Waals surface area contributed by atoms with Crippen molar-refractivity contribution in [2.45, 2.75) is 0 Å². The van der Waals surface area contributed by atoms with E-state index < -0.39 is 0 Å². The molecule has 1 aromatic rings. The molecule has 15 heavy (non-hydrogen) atoms. The second-order valence-electron chi connectivity index (χ2n) is 2.77. The highest BCUT2D eigenvalue weighted by Gasteiger charge is 2.09. The lowest BCUT2D eigenvalue weighted by Gasteiger charge is -2.09. The van der Waals surface area contributed by atoms with Crippen LogP contribution in [0, 0.1) is 0 Å². The van der Waals surface area contributed by atoms with Crippen LogP contribution in [-0.2, 0) is 4.79 Å². The normalized spacial score (nSPS) is 10.3. The van der Waals surface area contributed by atoms with Gasteiger partial charge in [0.2, 0.25) is 5.75 Å². The Bertz CT molecular complexity index is 357. The van der Waals surface area contributed by atoms with Crippen LogP contribution in [0.5, 0.6) is 17.2 Å². The Hall–Kier alpha value is -1.97. The molecule has 0 fully saturated rings. The SMILES string of the molecule is COc1cc(/C=C\C=O)cc(OC)c1O. The predicted octanol–water partition coefficient (Wildman–Crippen LogP) is 1.62. The van der Waals surface area contributed by atoms with Gasteiger partial charge in [-0.15, -0.1) is 0 Å². The average molecular weight is 208 g/mol. The lowest BCUT2D eigenvalue weighted by atomic mass is 10.1. The molecule has 0 saturated carbocycles. The fraction of sp³-hybridized carbons (Fsp3) is 0.182. The van der Waals surface area contributed by atoms with Gasteiger partial charge in [0.05, 0.1) is 14.2 Å². The Labute approximate surface area is 87.7 Å².